The lowest BCUT2D eigenvalue weighted by atomic mass is 9.47. The summed E-state index contributed by atoms with van der Waals surface area (Å²) in [6.07, 6.45) is 11.3. The lowest BCUT2D eigenvalue weighted by Crippen LogP contribution is -2.61. The topological polar surface area (TPSA) is 60.2 Å². The molecule has 1 saturated heterocycles. The second-order valence-electron chi connectivity index (χ2n) is 9.43. The number of nitrogens with zero attached hydrogens (tertiary/aromatic N) is 4. The fourth-order valence-electron chi connectivity index (χ4n) is 5.15. The molecule has 0 radical (unpaired) electrons. The van der Waals surface area contributed by atoms with Crippen molar-refractivity contribution in [3.05, 3.63) is 12.4 Å². The maximum atomic E-state index is 13.0. The zero-order valence-electron chi connectivity index (χ0n) is 16.4. The summed E-state index contributed by atoms with van der Waals surface area (Å²) < 4.78 is 6.31. The van der Waals surface area contributed by atoms with E-state index in [1.54, 1.807) is 17.2 Å². The van der Waals surface area contributed by atoms with E-state index in [1.165, 1.54) is 19.3 Å². The highest BCUT2D eigenvalue weighted by atomic mass is 16.5. The van der Waals surface area contributed by atoms with Crippen molar-refractivity contribution in [1.82, 2.24) is 19.9 Å². The molecule has 0 bridgehead atoms. The van der Waals surface area contributed by atoms with Crippen LogP contribution in [0.4, 0.5) is 0 Å². The van der Waals surface area contributed by atoms with Gasteiger partial charge in [-0.1, -0.05) is 6.42 Å². The van der Waals surface area contributed by atoms with E-state index in [0.29, 0.717) is 24.3 Å². The zero-order chi connectivity index (χ0) is 18.4. The van der Waals surface area contributed by atoms with Gasteiger partial charge in [-0.15, -0.1) is 0 Å². The number of hydrogen-bond acceptors (Lipinski definition) is 4. The zero-order valence-corrected chi connectivity index (χ0v) is 16.4. The number of carbonyl (C=O) groups excluding carboxylic acids is 1. The van der Waals surface area contributed by atoms with Crippen molar-refractivity contribution in [3.8, 4) is 0 Å². The van der Waals surface area contributed by atoms with Gasteiger partial charge in [0.2, 0.25) is 5.91 Å². The fraction of sp³-hybridized carbons (Fsp3) is 0.850. The Hall–Kier alpha value is -1.43. The van der Waals surface area contributed by atoms with Gasteiger partial charge in [-0.3, -0.25) is 4.79 Å². The van der Waals surface area contributed by atoms with Crippen molar-refractivity contribution in [2.45, 2.75) is 83.5 Å². The Morgan fingerprint density at radius 3 is 2.58 bits per heavy atom. The van der Waals surface area contributed by atoms with E-state index in [2.05, 4.69) is 31.0 Å². The highest BCUT2D eigenvalue weighted by Crippen LogP contribution is 2.62. The van der Waals surface area contributed by atoms with Crippen molar-refractivity contribution in [3.63, 3.8) is 0 Å². The van der Waals surface area contributed by atoms with Gasteiger partial charge in [-0.05, 0) is 58.8 Å². The molecular weight excluding hydrogens is 328 g/mol. The molecule has 6 heteroatoms. The second kappa shape index (κ2) is 6.63. The Labute approximate surface area is 156 Å². The Kier molecular flexibility index (Phi) is 4.58. The number of likely N-dealkylation sites (tertiary alicyclic amines) is 1. The van der Waals surface area contributed by atoms with Crippen LogP contribution in [0.25, 0.3) is 0 Å². The summed E-state index contributed by atoms with van der Waals surface area (Å²) >= 11 is 0. The Morgan fingerprint density at radius 2 is 1.96 bits per heavy atom. The predicted octanol–water partition coefficient (Wildman–Crippen LogP) is 3.21. The molecule has 144 valence electrons. The van der Waals surface area contributed by atoms with Crippen LogP contribution in [0, 0.1) is 11.3 Å². The Morgan fingerprint density at radius 1 is 1.23 bits per heavy atom. The van der Waals surface area contributed by atoms with E-state index in [0.717, 1.165) is 32.4 Å². The molecule has 3 unspecified atom stereocenters. The van der Waals surface area contributed by atoms with Crippen molar-refractivity contribution in [2.24, 2.45) is 11.3 Å². The number of piperidine rings is 1. The number of aromatic nitrogens is 3. The molecule has 1 aromatic heterocycles. The SMILES string of the molecule is CC(C)(C)OC1CC(CC(=O)N2CCCC(n3nccn3)C2)C12CCC2. The molecule has 1 amide bonds. The molecule has 4 rings (SSSR count). The average Bonchev–Trinajstić information content (AvgIpc) is 3.05. The maximum absolute atomic E-state index is 13.0. The highest BCUT2D eigenvalue weighted by molar-refractivity contribution is 5.77. The first-order valence-corrected chi connectivity index (χ1v) is 10.2. The molecule has 3 fully saturated rings. The molecule has 1 aromatic rings. The van der Waals surface area contributed by atoms with Gasteiger partial charge in [0.25, 0.3) is 0 Å². The van der Waals surface area contributed by atoms with Crippen LogP contribution >= 0.6 is 0 Å². The predicted molar refractivity (Wildman–Crippen MR) is 98.5 cm³/mol. The van der Waals surface area contributed by atoms with Crippen LogP contribution in [0.5, 0.6) is 0 Å². The van der Waals surface area contributed by atoms with Crippen LogP contribution in [0.1, 0.15) is 71.8 Å². The largest absolute Gasteiger partial charge is 0.372 e. The number of hydrogen-bond donors (Lipinski definition) is 0. The van der Waals surface area contributed by atoms with Crippen molar-refractivity contribution >= 4 is 5.91 Å². The molecule has 26 heavy (non-hydrogen) atoms. The summed E-state index contributed by atoms with van der Waals surface area (Å²) in [5.74, 6) is 0.812. The monoisotopic (exact) mass is 360 g/mol. The number of amides is 1. The summed E-state index contributed by atoms with van der Waals surface area (Å²) in [6.45, 7) is 8.02. The van der Waals surface area contributed by atoms with E-state index < -0.39 is 0 Å². The van der Waals surface area contributed by atoms with Gasteiger partial charge in [0, 0.05) is 24.9 Å². The lowest BCUT2D eigenvalue weighted by molar-refractivity contribution is -0.234. The summed E-state index contributed by atoms with van der Waals surface area (Å²) in [4.78, 5) is 16.8. The number of ether oxygens (including phenoxy) is 1. The summed E-state index contributed by atoms with van der Waals surface area (Å²) in [6, 6.07) is 0.221. The third kappa shape index (κ3) is 3.28. The molecule has 0 N–H and O–H groups in total. The maximum Gasteiger partial charge on any atom is 0.222 e. The quantitative estimate of drug-likeness (QED) is 0.827. The molecule has 2 heterocycles. The molecule has 6 nitrogen and oxygen atoms in total. The van der Waals surface area contributed by atoms with E-state index in [-0.39, 0.29) is 17.1 Å². The van der Waals surface area contributed by atoms with Gasteiger partial charge in [0.15, 0.2) is 0 Å². The number of rotatable bonds is 4. The second-order valence-corrected chi connectivity index (χ2v) is 9.43. The molecule has 1 spiro atoms. The molecule has 1 aliphatic heterocycles. The van der Waals surface area contributed by atoms with E-state index >= 15 is 0 Å². The smallest absolute Gasteiger partial charge is 0.222 e. The third-order valence-electron chi connectivity index (χ3n) is 6.67. The fourth-order valence-corrected chi connectivity index (χ4v) is 5.15. The van der Waals surface area contributed by atoms with Crippen molar-refractivity contribution < 1.29 is 9.53 Å². The molecule has 2 aliphatic carbocycles. The first kappa shape index (κ1) is 18.0. The normalized spacial score (nSPS) is 30.7. The van der Waals surface area contributed by atoms with E-state index in [9.17, 15) is 4.79 Å². The number of carbonyl (C=O) groups is 1. The Bertz CT molecular complexity index is 633. The van der Waals surface area contributed by atoms with Crippen molar-refractivity contribution in [1.29, 1.82) is 0 Å². The summed E-state index contributed by atoms with van der Waals surface area (Å²) in [5.41, 5.74) is 0.181. The van der Waals surface area contributed by atoms with Crippen LogP contribution in [0.3, 0.4) is 0 Å². The van der Waals surface area contributed by atoms with Gasteiger partial charge in [0.05, 0.1) is 30.1 Å². The minimum absolute atomic E-state index is 0.0981. The van der Waals surface area contributed by atoms with Crippen molar-refractivity contribution in [2.75, 3.05) is 13.1 Å². The molecule has 0 aromatic carbocycles. The molecule has 3 atom stereocenters. The lowest BCUT2D eigenvalue weighted by Gasteiger charge is -2.62. The summed E-state index contributed by atoms with van der Waals surface area (Å²) in [5, 5.41) is 8.52. The standard InChI is InChI=1S/C20H32N4O2/c1-19(2,3)26-17-12-15(20(17)7-5-8-20)13-18(25)23-11-4-6-16(14-23)24-21-9-10-22-24/h9-10,15-17H,4-8,11-14H2,1-3H3. The third-order valence-corrected chi connectivity index (χ3v) is 6.67. The van der Waals surface area contributed by atoms with E-state index in [1.807, 2.05) is 4.90 Å². The van der Waals surface area contributed by atoms with Crippen LogP contribution in [0.15, 0.2) is 12.4 Å². The van der Waals surface area contributed by atoms with Crippen LogP contribution in [-0.2, 0) is 9.53 Å². The first-order chi connectivity index (χ1) is 12.4. The van der Waals surface area contributed by atoms with Gasteiger partial charge < -0.3 is 9.64 Å². The minimum Gasteiger partial charge on any atom is -0.372 e. The van der Waals surface area contributed by atoms with Crippen LogP contribution in [0.2, 0.25) is 0 Å². The first-order valence-electron chi connectivity index (χ1n) is 10.2. The molecular formula is C20H32N4O2. The molecule has 2 saturated carbocycles. The van der Waals surface area contributed by atoms with Gasteiger partial charge >= 0.3 is 0 Å². The minimum atomic E-state index is -0.0981. The molecule has 3 aliphatic rings. The van der Waals surface area contributed by atoms with Gasteiger partial charge in [-0.25, -0.2) is 0 Å². The highest BCUT2D eigenvalue weighted by Gasteiger charge is 2.59. The Balaban J connectivity index is 1.35. The van der Waals surface area contributed by atoms with Crippen LogP contribution in [-0.4, -0.2) is 50.6 Å². The average molecular weight is 361 g/mol. The van der Waals surface area contributed by atoms with Crippen LogP contribution < -0.4 is 0 Å². The van der Waals surface area contributed by atoms with E-state index in [4.69, 9.17) is 4.74 Å². The van der Waals surface area contributed by atoms with Gasteiger partial charge in [-0.2, -0.15) is 15.0 Å². The summed E-state index contributed by atoms with van der Waals surface area (Å²) in [7, 11) is 0. The van der Waals surface area contributed by atoms with Gasteiger partial charge in [0.1, 0.15) is 0 Å².